The fourth-order valence-electron chi connectivity index (χ4n) is 2.17. The maximum atomic E-state index is 10.7. The van der Waals surface area contributed by atoms with Crippen molar-refractivity contribution in [2.24, 2.45) is 4.99 Å². The number of nitrogens with zero attached hydrogens (tertiary/aromatic N) is 1. The molecule has 0 unspecified atom stereocenters. The number of carboxylic acid groups (broad SMARTS) is 1. The Kier molecular flexibility index (Phi) is 3.36. The van der Waals surface area contributed by atoms with Crippen LogP contribution in [0, 0.1) is 13.8 Å². The number of aliphatic carboxylic acids is 1. The van der Waals surface area contributed by atoms with Crippen molar-refractivity contribution in [1.82, 2.24) is 0 Å². The van der Waals surface area contributed by atoms with Gasteiger partial charge in [0.25, 0.3) is 0 Å². The van der Waals surface area contributed by atoms with Gasteiger partial charge in [-0.25, -0.2) is 4.99 Å². The van der Waals surface area contributed by atoms with E-state index in [1.165, 1.54) is 0 Å². The van der Waals surface area contributed by atoms with E-state index < -0.39 is 5.97 Å². The maximum absolute atomic E-state index is 10.7. The Hall–Kier alpha value is -1.84. The average molecular weight is 247 g/mol. The fraction of sp³-hybridized carbons (Fsp3) is 0.429. The number of aliphatic imine (C=N–C) groups is 1. The van der Waals surface area contributed by atoms with Crippen LogP contribution in [0.4, 0.5) is 0 Å². The van der Waals surface area contributed by atoms with Crippen LogP contribution in [0.5, 0.6) is 0 Å². The first kappa shape index (κ1) is 12.6. The third kappa shape index (κ3) is 2.70. The molecule has 0 aliphatic carbocycles. The van der Waals surface area contributed by atoms with Gasteiger partial charge in [-0.05, 0) is 32.9 Å². The highest BCUT2D eigenvalue weighted by Gasteiger charge is 2.29. The molecule has 1 heterocycles. The number of hydrogen-bond donors (Lipinski definition) is 1. The number of benzene rings is 1. The molecule has 1 aliphatic heterocycles. The number of hydrogen-bond acceptors (Lipinski definition) is 3. The van der Waals surface area contributed by atoms with E-state index in [0.717, 1.165) is 16.7 Å². The third-order valence-corrected chi connectivity index (χ3v) is 2.97. The van der Waals surface area contributed by atoms with E-state index in [1.54, 1.807) is 0 Å². The van der Waals surface area contributed by atoms with Crippen LogP contribution >= 0.6 is 0 Å². The van der Waals surface area contributed by atoms with E-state index in [9.17, 15) is 4.79 Å². The van der Waals surface area contributed by atoms with Crippen molar-refractivity contribution in [1.29, 1.82) is 0 Å². The molecule has 4 heteroatoms. The van der Waals surface area contributed by atoms with Gasteiger partial charge in [-0.15, -0.1) is 0 Å². The van der Waals surface area contributed by atoms with Crippen LogP contribution in [-0.2, 0) is 9.53 Å². The molecule has 1 aromatic rings. The van der Waals surface area contributed by atoms with Crippen LogP contribution in [-0.4, -0.2) is 29.1 Å². The Morgan fingerprint density at radius 1 is 1.33 bits per heavy atom. The standard InChI is InChI=1S/C14H17NO3/c1-8-4-9(2)6-11(5-8)14-15-12(7-13(16)17)10(3)18-14/h4-6,10,12H,7H2,1-3H3,(H,16,17)/t10-,12-/m0/s1. The topological polar surface area (TPSA) is 58.9 Å². The highest BCUT2D eigenvalue weighted by atomic mass is 16.5. The Bertz CT molecular complexity index is 488. The van der Waals surface area contributed by atoms with E-state index in [4.69, 9.17) is 9.84 Å². The van der Waals surface area contributed by atoms with Gasteiger partial charge in [-0.3, -0.25) is 4.79 Å². The predicted octanol–water partition coefficient (Wildman–Crippen LogP) is 2.31. The van der Waals surface area contributed by atoms with E-state index >= 15 is 0 Å². The fourth-order valence-corrected chi connectivity index (χ4v) is 2.17. The SMILES string of the molecule is Cc1cc(C)cc(C2=N[C@@H](CC(=O)O)[C@H](C)O2)c1. The van der Waals surface area contributed by atoms with Crippen LogP contribution in [0.25, 0.3) is 0 Å². The lowest BCUT2D eigenvalue weighted by Crippen LogP contribution is -2.21. The van der Waals surface area contributed by atoms with Crippen molar-refractivity contribution in [3.8, 4) is 0 Å². The monoisotopic (exact) mass is 247 g/mol. The number of aryl methyl sites for hydroxylation is 2. The molecule has 96 valence electrons. The molecule has 1 aliphatic rings. The van der Waals surface area contributed by atoms with Crippen LogP contribution < -0.4 is 0 Å². The summed E-state index contributed by atoms with van der Waals surface area (Å²) in [6.07, 6.45) is -0.174. The zero-order valence-electron chi connectivity index (χ0n) is 10.8. The highest BCUT2D eigenvalue weighted by molar-refractivity contribution is 5.96. The summed E-state index contributed by atoms with van der Waals surface area (Å²) in [5.74, 6) is -0.290. The van der Waals surface area contributed by atoms with Crippen molar-refractivity contribution < 1.29 is 14.6 Å². The summed E-state index contributed by atoms with van der Waals surface area (Å²) in [7, 11) is 0. The number of carbonyl (C=O) groups is 1. The van der Waals surface area contributed by atoms with Crippen molar-refractivity contribution in [2.75, 3.05) is 0 Å². The number of rotatable bonds is 3. The summed E-state index contributed by atoms with van der Waals surface area (Å²) in [6.45, 7) is 5.89. The molecular weight excluding hydrogens is 230 g/mol. The van der Waals surface area contributed by atoms with Crippen molar-refractivity contribution in [3.05, 3.63) is 34.9 Å². The quantitative estimate of drug-likeness (QED) is 0.891. The van der Waals surface area contributed by atoms with Crippen LogP contribution in [0.1, 0.15) is 30.0 Å². The van der Waals surface area contributed by atoms with Gasteiger partial charge < -0.3 is 9.84 Å². The Labute approximate surface area is 106 Å². The molecule has 0 bridgehead atoms. The van der Waals surface area contributed by atoms with E-state index in [0.29, 0.717) is 5.90 Å². The molecule has 0 fully saturated rings. The van der Waals surface area contributed by atoms with Gasteiger partial charge in [-0.1, -0.05) is 17.2 Å². The summed E-state index contributed by atoms with van der Waals surface area (Å²) in [5.41, 5.74) is 3.21. The van der Waals surface area contributed by atoms with E-state index in [-0.39, 0.29) is 18.6 Å². The summed E-state index contributed by atoms with van der Waals surface area (Å²) in [4.78, 5) is 15.1. The summed E-state index contributed by atoms with van der Waals surface area (Å²) < 4.78 is 5.66. The molecule has 0 saturated heterocycles. The molecule has 2 atom stereocenters. The van der Waals surface area contributed by atoms with Crippen LogP contribution in [0.15, 0.2) is 23.2 Å². The molecule has 0 aromatic heterocycles. The molecular formula is C14H17NO3. The molecule has 2 rings (SSSR count). The second-order valence-corrected chi connectivity index (χ2v) is 4.80. The first-order valence-electron chi connectivity index (χ1n) is 6.00. The molecule has 1 N–H and O–H groups in total. The highest BCUT2D eigenvalue weighted by Crippen LogP contribution is 2.21. The summed E-state index contributed by atoms with van der Waals surface area (Å²) in [5, 5.41) is 8.81. The second kappa shape index (κ2) is 4.80. The second-order valence-electron chi connectivity index (χ2n) is 4.80. The zero-order chi connectivity index (χ0) is 13.3. The van der Waals surface area contributed by atoms with Crippen LogP contribution in [0.3, 0.4) is 0 Å². The predicted molar refractivity (Wildman–Crippen MR) is 69.0 cm³/mol. The van der Waals surface area contributed by atoms with Crippen LogP contribution in [0.2, 0.25) is 0 Å². The van der Waals surface area contributed by atoms with Crippen molar-refractivity contribution >= 4 is 11.9 Å². The van der Waals surface area contributed by atoms with Gasteiger partial charge in [0, 0.05) is 5.56 Å². The van der Waals surface area contributed by atoms with E-state index in [1.807, 2.05) is 32.9 Å². The minimum Gasteiger partial charge on any atom is -0.481 e. The van der Waals surface area contributed by atoms with Crippen molar-refractivity contribution in [3.63, 3.8) is 0 Å². The van der Waals surface area contributed by atoms with E-state index in [2.05, 4.69) is 11.1 Å². The average Bonchev–Trinajstić information content (AvgIpc) is 2.58. The third-order valence-electron chi connectivity index (χ3n) is 2.97. The molecule has 1 aromatic carbocycles. The maximum Gasteiger partial charge on any atom is 0.305 e. The van der Waals surface area contributed by atoms with Gasteiger partial charge in [0.15, 0.2) is 0 Å². The van der Waals surface area contributed by atoms with Gasteiger partial charge in [0.2, 0.25) is 5.90 Å². The molecule has 18 heavy (non-hydrogen) atoms. The van der Waals surface area contributed by atoms with Gasteiger partial charge in [0.1, 0.15) is 12.1 Å². The minimum absolute atomic E-state index is 0.00939. The van der Waals surface area contributed by atoms with Gasteiger partial charge in [-0.2, -0.15) is 0 Å². The Balaban J connectivity index is 2.26. The molecule has 0 spiro atoms. The van der Waals surface area contributed by atoms with Gasteiger partial charge >= 0.3 is 5.97 Å². The summed E-state index contributed by atoms with van der Waals surface area (Å²) >= 11 is 0. The molecule has 0 amide bonds. The Morgan fingerprint density at radius 2 is 1.94 bits per heavy atom. The molecule has 0 radical (unpaired) electrons. The largest absolute Gasteiger partial charge is 0.481 e. The number of ether oxygens (including phenoxy) is 1. The molecule has 0 saturated carbocycles. The summed E-state index contributed by atoms with van der Waals surface area (Å²) in [6, 6.07) is 5.79. The normalized spacial score (nSPS) is 22.5. The Morgan fingerprint density at radius 3 is 2.50 bits per heavy atom. The first-order valence-corrected chi connectivity index (χ1v) is 6.00. The lowest BCUT2D eigenvalue weighted by atomic mass is 10.1. The first-order chi connectivity index (χ1) is 8.45. The van der Waals surface area contributed by atoms with Crippen molar-refractivity contribution in [2.45, 2.75) is 39.3 Å². The lowest BCUT2D eigenvalue weighted by Gasteiger charge is -2.10. The zero-order valence-corrected chi connectivity index (χ0v) is 10.8. The van der Waals surface area contributed by atoms with Gasteiger partial charge in [0.05, 0.1) is 6.42 Å². The lowest BCUT2D eigenvalue weighted by molar-refractivity contribution is -0.137. The smallest absolute Gasteiger partial charge is 0.305 e. The number of carboxylic acids is 1. The molecule has 4 nitrogen and oxygen atoms in total. The minimum atomic E-state index is -0.846.